The molecule has 5 atom stereocenters. The third-order valence-electron chi connectivity index (χ3n) is 16.1. The Morgan fingerprint density at radius 1 is 0.275 bits per heavy atom. The Hall–Kier alpha value is -4.80. The number of rotatable bonds is 73. The van der Waals surface area contributed by atoms with Gasteiger partial charge in [0.2, 0.25) is 0 Å². The van der Waals surface area contributed by atoms with E-state index in [1.54, 1.807) is 0 Å². The highest BCUT2D eigenvalue weighted by molar-refractivity contribution is 7.47. The van der Waals surface area contributed by atoms with Crippen LogP contribution in [0, 0.1) is 0 Å². The van der Waals surface area contributed by atoms with Gasteiger partial charge >= 0.3 is 39.5 Å². The maximum Gasteiger partial charge on any atom is 0.472 e. The van der Waals surface area contributed by atoms with E-state index in [1.807, 2.05) is 30.4 Å². The summed E-state index contributed by atoms with van der Waals surface area (Å²) in [7, 11) is -10.0. The third kappa shape index (κ3) is 73.5. The maximum atomic E-state index is 13.1. The van der Waals surface area contributed by atoms with E-state index in [0.29, 0.717) is 38.5 Å². The van der Waals surface area contributed by atoms with Crippen molar-refractivity contribution < 1.29 is 80.2 Å². The lowest BCUT2D eigenvalue weighted by atomic mass is 10.1. The number of unbranched alkanes of at least 4 members (excludes halogenated alkanes) is 25. The lowest BCUT2D eigenvalue weighted by Crippen LogP contribution is -2.30. The number of aliphatic hydroxyl groups is 1. The van der Waals surface area contributed by atoms with Crippen LogP contribution in [0.4, 0.5) is 0 Å². The van der Waals surface area contributed by atoms with E-state index in [2.05, 4.69) is 131 Å². The van der Waals surface area contributed by atoms with E-state index in [4.69, 9.17) is 37.0 Å². The minimum Gasteiger partial charge on any atom is -0.462 e. The summed E-state index contributed by atoms with van der Waals surface area (Å²) in [6, 6.07) is 0. The molecule has 0 aliphatic rings. The molecule has 19 heteroatoms. The van der Waals surface area contributed by atoms with Crippen molar-refractivity contribution in [2.45, 2.75) is 329 Å². The van der Waals surface area contributed by atoms with Crippen molar-refractivity contribution in [3.05, 3.63) is 134 Å². The van der Waals surface area contributed by atoms with E-state index >= 15 is 0 Å². The molecule has 17 nitrogen and oxygen atoms in total. The average molecular weight is 1470 g/mol. The van der Waals surface area contributed by atoms with Crippen LogP contribution in [0.2, 0.25) is 0 Å². The quantitative estimate of drug-likeness (QED) is 0.0169. The molecule has 0 heterocycles. The SMILES string of the molecule is CCCCC/C=C\C/C=C\C/C=C\C/C=C\C/C=C\CCC(=O)O[C@H](COC(=O)CCCCCCC/C=C\CCCCCC)COP(=O)(O)OC[C@H](O)COP(=O)(O)OC[C@@H](COC(=O)CCC/C=C\C/C=C\C/C=C\C/C=C\CCCCC)OC(=O)CCCCCCC/C=C\CCCCCC. The van der Waals surface area contributed by atoms with E-state index in [0.717, 1.165) is 128 Å². The van der Waals surface area contributed by atoms with Crippen molar-refractivity contribution in [1.29, 1.82) is 0 Å². The Morgan fingerprint density at radius 2 is 0.510 bits per heavy atom. The van der Waals surface area contributed by atoms with Crippen molar-refractivity contribution >= 4 is 39.5 Å². The number of phosphoric ester groups is 2. The molecule has 102 heavy (non-hydrogen) atoms. The predicted octanol–water partition coefficient (Wildman–Crippen LogP) is 22.9. The van der Waals surface area contributed by atoms with Crippen molar-refractivity contribution in [2.75, 3.05) is 39.6 Å². The van der Waals surface area contributed by atoms with Gasteiger partial charge in [-0.2, -0.15) is 0 Å². The monoisotopic (exact) mass is 1470 g/mol. The largest absolute Gasteiger partial charge is 0.472 e. The van der Waals surface area contributed by atoms with Crippen LogP contribution in [0.5, 0.6) is 0 Å². The van der Waals surface area contributed by atoms with Gasteiger partial charge < -0.3 is 33.8 Å². The number of allylic oxidation sites excluding steroid dienone is 22. The summed E-state index contributed by atoms with van der Waals surface area (Å²) in [6.07, 6.45) is 83.2. The van der Waals surface area contributed by atoms with Gasteiger partial charge in [0.15, 0.2) is 12.2 Å². The Labute approximate surface area is 618 Å². The Bertz CT molecular complexity index is 2460. The summed E-state index contributed by atoms with van der Waals surface area (Å²) in [5.74, 6) is -2.36. The first-order valence-corrected chi connectivity index (χ1v) is 42.4. The summed E-state index contributed by atoms with van der Waals surface area (Å²) >= 11 is 0. The van der Waals surface area contributed by atoms with E-state index in [1.165, 1.54) is 89.9 Å². The fraction of sp³-hybridized carbons (Fsp3) is 0.687. The molecule has 0 saturated carbocycles. The zero-order chi connectivity index (χ0) is 74.6. The highest BCUT2D eigenvalue weighted by Crippen LogP contribution is 2.45. The summed E-state index contributed by atoms with van der Waals surface area (Å²) in [5.41, 5.74) is 0. The number of hydrogen-bond donors (Lipinski definition) is 3. The fourth-order valence-electron chi connectivity index (χ4n) is 10.0. The minimum atomic E-state index is -5.00. The first-order chi connectivity index (χ1) is 49.7. The molecule has 3 N–H and O–H groups in total. The summed E-state index contributed by atoms with van der Waals surface area (Å²) < 4.78 is 68.4. The predicted molar refractivity (Wildman–Crippen MR) is 418 cm³/mol. The highest BCUT2D eigenvalue weighted by atomic mass is 31.2. The van der Waals surface area contributed by atoms with Crippen LogP contribution in [-0.2, 0) is 65.4 Å². The molecule has 0 amide bonds. The molecule has 2 unspecified atom stereocenters. The second-order valence-corrected chi connectivity index (χ2v) is 28.8. The number of ether oxygens (including phenoxy) is 4. The topological polar surface area (TPSA) is 237 Å². The zero-order valence-electron chi connectivity index (χ0n) is 63.7. The van der Waals surface area contributed by atoms with Gasteiger partial charge in [-0.15, -0.1) is 0 Å². The molecule has 0 spiro atoms. The minimum absolute atomic E-state index is 0.0339. The molecule has 0 aliphatic carbocycles. The molecule has 0 aromatic heterocycles. The van der Waals surface area contributed by atoms with Crippen molar-refractivity contribution in [2.24, 2.45) is 0 Å². The van der Waals surface area contributed by atoms with E-state index < -0.39 is 97.5 Å². The van der Waals surface area contributed by atoms with Crippen LogP contribution in [0.1, 0.15) is 310 Å². The van der Waals surface area contributed by atoms with Crippen molar-refractivity contribution in [3.8, 4) is 0 Å². The molecule has 0 saturated heterocycles. The van der Waals surface area contributed by atoms with Crippen LogP contribution >= 0.6 is 15.6 Å². The maximum absolute atomic E-state index is 13.1. The lowest BCUT2D eigenvalue weighted by molar-refractivity contribution is -0.161. The second-order valence-electron chi connectivity index (χ2n) is 25.9. The van der Waals surface area contributed by atoms with Crippen LogP contribution < -0.4 is 0 Å². The van der Waals surface area contributed by atoms with E-state index in [9.17, 15) is 43.2 Å². The summed E-state index contributed by atoms with van der Waals surface area (Å²) in [4.78, 5) is 72.9. The van der Waals surface area contributed by atoms with Crippen LogP contribution in [0.15, 0.2) is 134 Å². The average Bonchev–Trinajstić information content (AvgIpc) is 0.907. The number of hydrogen-bond acceptors (Lipinski definition) is 15. The van der Waals surface area contributed by atoms with Gasteiger partial charge in [0.1, 0.15) is 19.3 Å². The Morgan fingerprint density at radius 3 is 0.863 bits per heavy atom. The fourth-order valence-corrected chi connectivity index (χ4v) is 11.6. The molecular formula is C83H140O17P2. The molecule has 0 fully saturated rings. The zero-order valence-corrected chi connectivity index (χ0v) is 65.5. The standard InChI is InChI=1S/C83H140O17P2/c1-5-9-13-17-21-25-29-33-35-37-38-40-42-46-50-54-58-62-66-70-83(88)100-79(73-93-80(85)67-63-59-55-51-47-43-31-27-23-19-15-11-7-3)76-98-102(91,92)96-72-77(84)71-95-101(89,90)97-75-78(99-82(87)69-65-61-57-53-49-44-32-28-24-20-16-12-8-4)74-94-81(86)68-64-60-56-52-48-45-41-39-36-34-30-26-22-18-14-10-6-2/h21-22,25-28,31-36,38,40-41,45-46,50,52,56,58,62,77-79,84H,5-20,23-24,29-30,37,39,42-44,47-49,51,53-55,57,59-61,63-76H2,1-4H3,(H,89,90)(H,91,92)/b25-21-,26-22-,31-27-,32-28-,35-33-,36-34-,40-38-,45-41-,50-46-,56-52-,62-58-/t77-,78-,79-/m1/s1. The van der Waals surface area contributed by atoms with Gasteiger partial charge in [0.05, 0.1) is 26.4 Å². The van der Waals surface area contributed by atoms with Gasteiger partial charge in [-0.25, -0.2) is 9.13 Å². The normalized spacial score (nSPS) is 14.6. The molecule has 0 aliphatic heterocycles. The number of phosphoric acid groups is 2. The van der Waals surface area contributed by atoms with Crippen LogP contribution in [-0.4, -0.2) is 96.7 Å². The number of esters is 4. The molecular weight excluding hydrogens is 1330 g/mol. The van der Waals surface area contributed by atoms with Crippen molar-refractivity contribution in [3.63, 3.8) is 0 Å². The molecule has 0 aromatic rings. The van der Waals surface area contributed by atoms with E-state index in [-0.39, 0.29) is 25.7 Å². The molecule has 0 aromatic carbocycles. The van der Waals surface area contributed by atoms with Crippen molar-refractivity contribution in [1.82, 2.24) is 0 Å². The van der Waals surface area contributed by atoms with Crippen LogP contribution in [0.25, 0.3) is 0 Å². The number of carbonyl (C=O) groups excluding carboxylic acids is 4. The molecule has 0 radical (unpaired) electrons. The summed E-state index contributed by atoms with van der Waals surface area (Å²) in [5, 5.41) is 10.6. The van der Waals surface area contributed by atoms with Gasteiger partial charge in [-0.1, -0.05) is 264 Å². The first-order valence-electron chi connectivity index (χ1n) is 39.4. The third-order valence-corrected chi connectivity index (χ3v) is 18.0. The van der Waals surface area contributed by atoms with Gasteiger partial charge in [0, 0.05) is 25.7 Å². The summed E-state index contributed by atoms with van der Waals surface area (Å²) in [6.45, 7) is 4.62. The molecule has 0 bridgehead atoms. The highest BCUT2D eigenvalue weighted by Gasteiger charge is 2.30. The Kier molecular flexibility index (Phi) is 71.0. The Balaban J connectivity index is 5.47. The van der Waals surface area contributed by atoms with Gasteiger partial charge in [-0.05, 0) is 154 Å². The first kappa shape index (κ1) is 97.2. The smallest absolute Gasteiger partial charge is 0.462 e. The number of carbonyl (C=O) groups is 4. The molecule has 0 rings (SSSR count). The van der Waals surface area contributed by atoms with Gasteiger partial charge in [-0.3, -0.25) is 37.3 Å². The van der Waals surface area contributed by atoms with Crippen LogP contribution in [0.3, 0.4) is 0 Å². The second kappa shape index (κ2) is 74.5. The van der Waals surface area contributed by atoms with Gasteiger partial charge in [0.25, 0.3) is 0 Å². The molecule has 584 valence electrons. The number of aliphatic hydroxyl groups excluding tert-OH is 1. The lowest BCUT2D eigenvalue weighted by Gasteiger charge is -2.21.